The van der Waals surface area contributed by atoms with Gasteiger partial charge in [0.15, 0.2) is 11.5 Å². The Labute approximate surface area is 178 Å². The Morgan fingerprint density at radius 2 is 1.73 bits per heavy atom. The quantitative estimate of drug-likeness (QED) is 0.653. The highest BCUT2D eigenvalue weighted by atomic mass is 35.5. The monoisotopic (exact) mass is 435 g/mol. The molecular formula is C21H22ClNO7. The van der Waals surface area contributed by atoms with E-state index in [0.29, 0.717) is 35.2 Å². The summed E-state index contributed by atoms with van der Waals surface area (Å²) in [4.78, 5) is 27.2. The van der Waals surface area contributed by atoms with Gasteiger partial charge in [0.05, 0.1) is 37.4 Å². The van der Waals surface area contributed by atoms with Gasteiger partial charge in [0, 0.05) is 36.6 Å². The summed E-state index contributed by atoms with van der Waals surface area (Å²) in [7, 11) is 2.59. The Bertz CT molecular complexity index is 886. The first-order valence-corrected chi connectivity index (χ1v) is 9.96. The van der Waals surface area contributed by atoms with Gasteiger partial charge >= 0.3 is 11.9 Å². The van der Waals surface area contributed by atoms with E-state index in [1.54, 1.807) is 29.4 Å². The van der Waals surface area contributed by atoms with Crippen LogP contribution in [0, 0.1) is 0 Å². The number of benzene rings is 1. The molecule has 1 fully saturated rings. The van der Waals surface area contributed by atoms with Crippen LogP contribution in [0.4, 0.5) is 0 Å². The number of esters is 2. The van der Waals surface area contributed by atoms with Crippen LogP contribution in [0.15, 0.2) is 35.7 Å². The first-order chi connectivity index (χ1) is 14.5. The van der Waals surface area contributed by atoms with Gasteiger partial charge in [-0.05, 0) is 24.5 Å². The molecule has 0 bridgehead atoms. The largest absolute Gasteiger partial charge is 0.466 e. The van der Waals surface area contributed by atoms with Crippen LogP contribution >= 0.6 is 11.6 Å². The van der Waals surface area contributed by atoms with Crippen molar-refractivity contribution < 1.29 is 33.3 Å². The molecule has 9 heteroatoms. The summed E-state index contributed by atoms with van der Waals surface area (Å²) in [5, 5.41) is 0.335. The highest BCUT2D eigenvalue weighted by Gasteiger charge is 2.38. The van der Waals surface area contributed by atoms with Crippen molar-refractivity contribution in [1.29, 1.82) is 0 Å². The van der Waals surface area contributed by atoms with Crippen LogP contribution in [0.5, 0.6) is 11.5 Å². The zero-order valence-corrected chi connectivity index (χ0v) is 17.4. The van der Waals surface area contributed by atoms with Gasteiger partial charge < -0.3 is 28.6 Å². The van der Waals surface area contributed by atoms with Gasteiger partial charge in [0.1, 0.15) is 0 Å². The van der Waals surface area contributed by atoms with E-state index in [0.717, 1.165) is 12.8 Å². The van der Waals surface area contributed by atoms with E-state index < -0.39 is 17.9 Å². The lowest BCUT2D eigenvalue weighted by molar-refractivity contribution is -0.137. The predicted octanol–water partition coefficient (Wildman–Crippen LogP) is 2.76. The van der Waals surface area contributed by atoms with Gasteiger partial charge in [-0.3, -0.25) is 0 Å². The molecule has 4 rings (SSSR count). The molecule has 0 N–H and O–H groups in total. The number of hydrogen-bond acceptors (Lipinski definition) is 8. The molecule has 160 valence electrons. The van der Waals surface area contributed by atoms with Gasteiger partial charge in [-0.25, -0.2) is 9.59 Å². The number of fused-ring (bicyclic) bond motifs is 1. The third-order valence-electron chi connectivity index (χ3n) is 5.32. The van der Waals surface area contributed by atoms with E-state index in [2.05, 4.69) is 0 Å². The minimum Gasteiger partial charge on any atom is -0.466 e. The smallest absolute Gasteiger partial charge is 0.336 e. The second-order valence-electron chi connectivity index (χ2n) is 7.14. The van der Waals surface area contributed by atoms with Crippen LogP contribution < -0.4 is 9.47 Å². The molecule has 0 radical (unpaired) electrons. The predicted molar refractivity (Wildman–Crippen MR) is 106 cm³/mol. The van der Waals surface area contributed by atoms with Gasteiger partial charge in [0.2, 0.25) is 6.79 Å². The SMILES string of the molecule is COC(=O)C1=CN(C[C@@H]2CCCO2)C=C(C(=O)OC)C1c1cc2c(cc1Cl)OCO2. The van der Waals surface area contributed by atoms with Crippen molar-refractivity contribution in [3.8, 4) is 11.5 Å². The highest BCUT2D eigenvalue weighted by Crippen LogP contribution is 2.45. The van der Waals surface area contributed by atoms with Crippen molar-refractivity contribution in [2.45, 2.75) is 24.9 Å². The van der Waals surface area contributed by atoms with E-state index >= 15 is 0 Å². The molecule has 0 aromatic heterocycles. The van der Waals surface area contributed by atoms with Crippen molar-refractivity contribution in [3.05, 3.63) is 46.3 Å². The summed E-state index contributed by atoms with van der Waals surface area (Å²) in [6.07, 6.45) is 5.25. The van der Waals surface area contributed by atoms with Crippen LogP contribution in [0.25, 0.3) is 0 Å². The molecule has 0 spiro atoms. The Balaban J connectivity index is 1.78. The summed E-state index contributed by atoms with van der Waals surface area (Å²) in [5.74, 6) is -0.926. The zero-order chi connectivity index (χ0) is 21.3. The molecule has 1 aromatic rings. The fourth-order valence-corrected chi connectivity index (χ4v) is 4.17. The number of carbonyl (C=O) groups is 2. The first-order valence-electron chi connectivity index (χ1n) is 9.58. The maximum Gasteiger partial charge on any atom is 0.336 e. The zero-order valence-electron chi connectivity index (χ0n) is 16.7. The Hall–Kier alpha value is -2.71. The van der Waals surface area contributed by atoms with E-state index in [1.165, 1.54) is 14.2 Å². The number of nitrogens with zero attached hydrogens (tertiary/aromatic N) is 1. The molecule has 30 heavy (non-hydrogen) atoms. The molecule has 1 atom stereocenters. The number of hydrogen-bond donors (Lipinski definition) is 0. The molecule has 0 aliphatic carbocycles. The van der Waals surface area contributed by atoms with Crippen LogP contribution in [0.2, 0.25) is 5.02 Å². The van der Waals surface area contributed by atoms with Crippen molar-refractivity contribution >= 4 is 23.5 Å². The fourth-order valence-electron chi connectivity index (χ4n) is 3.91. The van der Waals surface area contributed by atoms with Crippen molar-refractivity contribution in [1.82, 2.24) is 4.90 Å². The van der Waals surface area contributed by atoms with Crippen LogP contribution in [-0.4, -0.2) is 57.1 Å². The molecule has 1 saturated heterocycles. The number of carbonyl (C=O) groups excluding carboxylic acids is 2. The maximum atomic E-state index is 12.7. The van der Waals surface area contributed by atoms with Crippen molar-refractivity contribution in [3.63, 3.8) is 0 Å². The highest BCUT2D eigenvalue weighted by molar-refractivity contribution is 6.32. The molecule has 3 aliphatic heterocycles. The molecule has 3 heterocycles. The van der Waals surface area contributed by atoms with E-state index in [1.807, 2.05) is 0 Å². The summed E-state index contributed by atoms with van der Waals surface area (Å²) in [5.41, 5.74) is 1.05. The Morgan fingerprint density at radius 3 is 2.30 bits per heavy atom. The lowest BCUT2D eigenvalue weighted by Gasteiger charge is -2.31. The molecule has 0 saturated carbocycles. The maximum absolute atomic E-state index is 12.7. The minimum atomic E-state index is -0.785. The molecule has 8 nitrogen and oxygen atoms in total. The third kappa shape index (κ3) is 3.85. The minimum absolute atomic E-state index is 0.0148. The number of halogens is 1. The van der Waals surface area contributed by atoms with Crippen LogP contribution in [-0.2, 0) is 23.8 Å². The van der Waals surface area contributed by atoms with Gasteiger partial charge in [-0.15, -0.1) is 0 Å². The second-order valence-corrected chi connectivity index (χ2v) is 7.55. The van der Waals surface area contributed by atoms with Crippen LogP contribution in [0.1, 0.15) is 24.3 Å². The van der Waals surface area contributed by atoms with E-state index in [-0.39, 0.29) is 24.0 Å². The number of methoxy groups -OCH3 is 2. The normalized spacial score (nSPS) is 20.6. The fraction of sp³-hybridized carbons (Fsp3) is 0.429. The summed E-state index contributed by atoms with van der Waals surface area (Å²) in [6, 6.07) is 3.29. The third-order valence-corrected chi connectivity index (χ3v) is 5.64. The lowest BCUT2D eigenvalue weighted by Crippen LogP contribution is -2.32. The first kappa shape index (κ1) is 20.6. The lowest BCUT2D eigenvalue weighted by atomic mass is 9.83. The molecule has 3 aliphatic rings. The number of ether oxygens (including phenoxy) is 5. The second kappa shape index (κ2) is 8.57. The van der Waals surface area contributed by atoms with Crippen molar-refractivity contribution in [2.75, 3.05) is 34.2 Å². The summed E-state index contributed by atoms with van der Waals surface area (Å²) < 4.78 is 26.5. The molecule has 0 amide bonds. The number of rotatable bonds is 5. The summed E-state index contributed by atoms with van der Waals surface area (Å²) >= 11 is 6.51. The molecular weight excluding hydrogens is 414 g/mol. The average molecular weight is 436 g/mol. The van der Waals surface area contributed by atoms with Crippen molar-refractivity contribution in [2.24, 2.45) is 0 Å². The summed E-state index contributed by atoms with van der Waals surface area (Å²) in [6.45, 7) is 1.28. The van der Waals surface area contributed by atoms with Gasteiger partial charge in [-0.2, -0.15) is 0 Å². The van der Waals surface area contributed by atoms with Gasteiger partial charge in [0.25, 0.3) is 0 Å². The molecule has 0 unspecified atom stereocenters. The van der Waals surface area contributed by atoms with Crippen LogP contribution in [0.3, 0.4) is 0 Å². The van der Waals surface area contributed by atoms with E-state index in [9.17, 15) is 9.59 Å². The standard InChI is InChI=1S/C21H22ClNO7/c1-26-20(24)14-9-23(8-12-4-3-5-28-12)10-15(21(25)27-2)19(14)13-6-17-18(7-16(13)22)30-11-29-17/h6-7,9-10,12,19H,3-5,8,11H2,1-2H3/t12-/m0/s1. The molecule has 1 aromatic carbocycles. The van der Waals surface area contributed by atoms with Gasteiger partial charge in [-0.1, -0.05) is 11.6 Å². The van der Waals surface area contributed by atoms with E-state index in [4.69, 9.17) is 35.3 Å². The Morgan fingerprint density at radius 1 is 1.10 bits per heavy atom. The average Bonchev–Trinajstić information content (AvgIpc) is 3.43. The topological polar surface area (TPSA) is 83.5 Å². The Kier molecular flexibility index (Phi) is 5.87.